The lowest BCUT2D eigenvalue weighted by Crippen LogP contribution is -2.31. The minimum Gasteiger partial charge on any atom is -0.490 e. The van der Waals surface area contributed by atoms with Gasteiger partial charge in [0.2, 0.25) is 0 Å². The van der Waals surface area contributed by atoms with E-state index in [4.69, 9.17) is 9.47 Å². The van der Waals surface area contributed by atoms with Gasteiger partial charge in [-0.15, -0.1) is 0 Å². The SMILES string of the molecule is CCCN1C(=O)N/C(=C/c2ccc(OCc3ccccc3)c(OCC)c2)C1=O. The normalized spacial score (nSPS) is 15.1. The lowest BCUT2D eigenvalue weighted by molar-refractivity contribution is -0.122. The minimum atomic E-state index is -0.383. The van der Waals surface area contributed by atoms with Crippen molar-refractivity contribution in [1.82, 2.24) is 10.2 Å². The molecular weight excluding hydrogens is 356 g/mol. The second-order valence-electron chi connectivity index (χ2n) is 6.36. The Morgan fingerprint density at radius 3 is 2.50 bits per heavy atom. The van der Waals surface area contributed by atoms with Crippen LogP contribution < -0.4 is 14.8 Å². The number of nitrogens with zero attached hydrogens (tertiary/aromatic N) is 1. The van der Waals surface area contributed by atoms with E-state index >= 15 is 0 Å². The second-order valence-corrected chi connectivity index (χ2v) is 6.36. The van der Waals surface area contributed by atoms with Crippen molar-refractivity contribution in [2.45, 2.75) is 26.9 Å². The maximum absolute atomic E-state index is 12.4. The van der Waals surface area contributed by atoms with Crippen LogP contribution in [0, 0.1) is 0 Å². The Balaban J connectivity index is 1.78. The molecule has 1 fully saturated rings. The summed E-state index contributed by atoms with van der Waals surface area (Å²) in [6, 6.07) is 14.9. The molecule has 0 bridgehead atoms. The summed E-state index contributed by atoms with van der Waals surface area (Å²) in [5.41, 5.74) is 2.07. The van der Waals surface area contributed by atoms with Gasteiger partial charge in [0.25, 0.3) is 5.91 Å². The van der Waals surface area contributed by atoms with Crippen LogP contribution in [0.3, 0.4) is 0 Å². The van der Waals surface area contributed by atoms with Crippen molar-refractivity contribution >= 4 is 18.0 Å². The quantitative estimate of drug-likeness (QED) is 0.556. The molecule has 2 aromatic rings. The molecule has 0 spiro atoms. The number of urea groups is 1. The largest absolute Gasteiger partial charge is 0.490 e. The average molecular weight is 380 g/mol. The molecule has 146 valence electrons. The molecule has 2 aromatic carbocycles. The molecule has 3 rings (SSSR count). The zero-order valence-corrected chi connectivity index (χ0v) is 16.1. The van der Waals surface area contributed by atoms with E-state index in [2.05, 4.69) is 5.32 Å². The molecule has 0 saturated carbocycles. The van der Waals surface area contributed by atoms with Crippen molar-refractivity contribution in [2.24, 2.45) is 0 Å². The number of carbonyl (C=O) groups excluding carboxylic acids is 2. The Morgan fingerprint density at radius 2 is 1.79 bits per heavy atom. The Labute approximate surface area is 164 Å². The molecule has 0 atom stereocenters. The molecule has 0 aliphatic carbocycles. The molecule has 3 amide bonds. The van der Waals surface area contributed by atoms with Gasteiger partial charge >= 0.3 is 6.03 Å². The summed E-state index contributed by atoms with van der Waals surface area (Å²) >= 11 is 0. The van der Waals surface area contributed by atoms with E-state index in [1.54, 1.807) is 12.1 Å². The van der Waals surface area contributed by atoms with Gasteiger partial charge in [-0.05, 0) is 42.7 Å². The zero-order valence-electron chi connectivity index (χ0n) is 16.1. The van der Waals surface area contributed by atoms with Crippen LogP contribution in [-0.2, 0) is 11.4 Å². The van der Waals surface area contributed by atoms with Crippen molar-refractivity contribution in [3.63, 3.8) is 0 Å². The van der Waals surface area contributed by atoms with Gasteiger partial charge in [0, 0.05) is 6.54 Å². The van der Waals surface area contributed by atoms with Crippen LogP contribution in [0.5, 0.6) is 11.5 Å². The Hall–Kier alpha value is -3.28. The van der Waals surface area contributed by atoms with Crippen LogP contribution in [0.25, 0.3) is 6.08 Å². The van der Waals surface area contributed by atoms with Crippen LogP contribution >= 0.6 is 0 Å². The standard InChI is InChI=1S/C22H24N2O4/c1-3-12-24-21(25)18(23-22(24)26)13-17-10-11-19(20(14-17)27-4-2)28-15-16-8-6-5-7-9-16/h5-11,13-14H,3-4,12,15H2,1-2H3,(H,23,26)/b18-13+. The summed E-state index contributed by atoms with van der Waals surface area (Å²) < 4.78 is 11.6. The van der Waals surface area contributed by atoms with E-state index in [1.165, 1.54) is 4.90 Å². The van der Waals surface area contributed by atoms with E-state index in [0.29, 0.717) is 37.7 Å². The number of imide groups is 1. The highest BCUT2D eigenvalue weighted by Crippen LogP contribution is 2.30. The van der Waals surface area contributed by atoms with Crippen molar-refractivity contribution in [2.75, 3.05) is 13.2 Å². The van der Waals surface area contributed by atoms with Crippen LogP contribution in [0.15, 0.2) is 54.2 Å². The molecule has 0 radical (unpaired) electrons. The van der Waals surface area contributed by atoms with Crippen LogP contribution in [0.1, 0.15) is 31.4 Å². The highest BCUT2D eigenvalue weighted by atomic mass is 16.5. The highest BCUT2D eigenvalue weighted by Gasteiger charge is 2.32. The van der Waals surface area contributed by atoms with Crippen LogP contribution in [0.4, 0.5) is 4.79 Å². The predicted molar refractivity (Wildman–Crippen MR) is 107 cm³/mol. The monoisotopic (exact) mass is 380 g/mol. The summed E-state index contributed by atoms with van der Waals surface area (Å²) in [7, 11) is 0. The number of ether oxygens (including phenoxy) is 2. The Morgan fingerprint density at radius 1 is 1.00 bits per heavy atom. The first-order valence-corrected chi connectivity index (χ1v) is 9.40. The smallest absolute Gasteiger partial charge is 0.329 e. The molecule has 1 aliphatic heterocycles. The topological polar surface area (TPSA) is 67.9 Å². The predicted octanol–water partition coefficient (Wildman–Crippen LogP) is 3.97. The van der Waals surface area contributed by atoms with E-state index in [-0.39, 0.29) is 17.6 Å². The van der Waals surface area contributed by atoms with Crippen LogP contribution in [-0.4, -0.2) is 30.0 Å². The van der Waals surface area contributed by atoms with Crippen molar-refractivity contribution < 1.29 is 19.1 Å². The molecule has 6 heteroatoms. The van der Waals surface area contributed by atoms with Crippen molar-refractivity contribution in [1.29, 1.82) is 0 Å². The zero-order chi connectivity index (χ0) is 19.9. The van der Waals surface area contributed by atoms with Crippen molar-refractivity contribution in [3.8, 4) is 11.5 Å². The summed E-state index contributed by atoms with van der Waals surface area (Å²) in [6.45, 7) is 5.14. The van der Waals surface area contributed by atoms with E-state index in [1.807, 2.05) is 56.3 Å². The minimum absolute atomic E-state index is 0.263. The Kier molecular flexibility index (Phi) is 6.32. The third-order valence-electron chi connectivity index (χ3n) is 4.23. The lowest BCUT2D eigenvalue weighted by Gasteiger charge is -2.13. The van der Waals surface area contributed by atoms with Gasteiger partial charge in [0.1, 0.15) is 12.3 Å². The molecule has 1 N–H and O–H groups in total. The number of amides is 3. The number of benzene rings is 2. The molecule has 28 heavy (non-hydrogen) atoms. The fraction of sp³-hybridized carbons (Fsp3) is 0.273. The van der Waals surface area contributed by atoms with Gasteiger partial charge in [0.05, 0.1) is 6.61 Å². The molecular formula is C22H24N2O4. The molecule has 0 unspecified atom stereocenters. The van der Waals surface area contributed by atoms with Gasteiger partial charge in [-0.3, -0.25) is 9.69 Å². The number of hydrogen-bond acceptors (Lipinski definition) is 4. The maximum Gasteiger partial charge on any atom is 0.329 e. The maximum atomic E-state index is 12.4. The fourth-order valence-electron chi connectivity index (χ4n) is 2.90. The number of rotatable bonds is 8. The van der Waals surface area contributed by atoms with Gasteiger partial charge in [-0.1, -0.05) is 43.3 Å². The third-order valence-corrected chi connectivity index (χ3v) is 4.23. The number of hydrogen-bond donors (Lipinski definition) is 1. The Bertz CT molecular complexity index is 877. The van der Waals surface area contributed by atoms with E-state index in [0.717, 1.165) is 11.1 Å². The molecule has 0 aromatic heterocycles. The van der Waals surface area contributed by atoms with Crippen molar-refractivity contribution in [3.05, 3.63) is 65.4 Å². The first kappa shape index (κ1) is 19.5. The lowest BCUT2D eigenvalue weighted by atomic mass is 10.1. The first-order valence-electron chi connectivity index (χ1n) is 9.40. The van der Waals surface area contributed by atoms with E-state index in [9.17, 15) is 9.59 Å². The second kappa shape index (κ2) is 9.08. The summed E-state index contributed by atoms with van der Waals surface area (Å²) in [6.07, 6.45) is 2.37. The summed E-state index contributed by atoms with van der Waals surface area (Å²) in [4.78, 5) is 25.5. The highest BCUT2D eigenvalue weighted by molar-refractivity contribution is 6.13. The van der Waals surface area contributed by atoms with E-state index < -0.39 is 0 Å². The van der Waals surface area contributed by atoms with Gasteiger partial charge in [-0.25, -0.2) is 4.79 Å². The number of nitrogens with one attached hydrogen (secondary N) is 1. The molecule has 1 saturated heterocycles. The first-order chi connectivity index (χ1) is 13.6. The van der Waals surface area contributed by atoms with Gasteiger partial charge in [0.15, 0.2) is 11.5 Å². The molecule has 6 nitrogen and oxygen atoms in total. The third kappa shape index (κ3) is 4.52. The molecule has 1 heterocycles. The summed E-state index contributed by atoms with van der Waals surface area (Å²) in [5.74, 6) is 0.909. The van der Waals surface area contributed by atoms with Crippen LogP contribution in [0.2, 0.25) is 0 Å². The number of carbonyl (C=O) groups is 2. The fourth-order valence-corrected chi connectivity index (χ4v) is 2.90. The van der Waals surface area contributed by atoms with Gasteiger partial charge < -0.3 is 14.8 Å². The van der Waals surface area contributed by atoms with Gasteiger partial charge in [-0.2, -0.15) is 0 Å². The average Bonchev–Trinajstić information content (AvgIpc) is 2.96. The molecule has 1 aliphatic rings. The summed E-state index contributed by atoms with van der Waals surface area (Å²) in [5, 5.41) is 2.63.